The molecule has 0 saturated heterocycles. The van der Waals surface area contributed by atoms with Crippen LogP contribution in [-0.4, -0.2) is 21.3 Å². The molecule has 0 bridgehead atoms. The maximum atomic E-state index is 10.7. The average molecular weight is 247 g/mol. The van der Waals surface area contributed by atoms with Crippen LogP contribution in [0.3, 0.4) is 0 Å². The molecule has 0 fully saturated rings. The number of nitrogens with two attached hydrogens (primary N) is 1. The maximum absolute atomic E-state index is 10.7. The third-order valence-corrected chi connectivity index (χ3v) is 4.03. The predicted molar refractivity (Wildman–Crippen MR) is 61.8 cm³/mol. The molecular formula is C9H14NO3PS. The fraction of sp³-hybridized carbons (Fsp3) is 0.333. The SMILES string of the molecule is NC(CCSc1ccccc1)P(=O)(O)O. The second-order valence-corrected chi connectivity index (χ2v) is 6.12. The first-order chi connectivity index (χ1) is 7.00. The zero-order valence-corrected chi connectivity index (χ0v) is 9.82. The lowest BCUT2D eigenvalue weighted by Crippen LogP contribution is -2.20. The van der Waals surface area contributed by atoms with E-state index in [2.05, 4.69) is 0 Å². The molecule has 4 nitrogen and oxygen atoms in total. The third-order valence-electron chi connectivity index (χ3n) is 1.86. The van der Waals surface area contributed by atoms with Crippen LogP contribution < -0.4 is 5.73 Å². The zero-order valence-electron chi connectivity index (χ0n) is 8.11. The van der Waals surface area contributed by atoms with Gasteiger partial charge in [0.2, 0.25) is 0 Å². The normalized spacial score (nSPS) is 13.8. The summed E-state index contributed by atoms with van der Waals surface area (Å²) in [5.74, 6) is -0.440. The van der Waals surface area contributed by atoms with Crippen molar-refractivity contribution in [1.29, 1.82) is 0 Å². The molecule has 6 heteroatoms. The van der Waals surface area contributed by atoms with E-state index >= 15 is 0 Å². The van der Waals surface area contributed by atoms with E-state index in [1.807, 2.05) is 30.3 Å². The number of benzene rings is 1. The molecular weight excluding hydrogens is 233 g/mol. The summed E-state index contributed by atoms with van der Waals surface area (Å²) in [6, 6.07) is 9.67. The second kappa shape index (κ2) is 5.68. The van der Waals surface area contributed by atoms with Gasteiger partial charge >= 0.3 is 7.60 Å². The summed E-state index contributed by atoms with van der Waals surface area (Å²) in [6.45, 7) is 0. The summed E-state index contributed by atoms with van der Waals surface area (Å²) in [5, 5.41) is 0. The van der Waals surface area contributed by atoms with Gasteiger partial charge in [-0.2, -0.15) is 0 Å². The predicted octanol–water partition coefficient (Wildman–Crippen LogP) is 1.63. The van der Waals surface area contributed by atoms with Gasteiger partial charge in [0, 0.05) is 10.6 Å². The van der Waals surface area contributed by atoms with Crippen LogP contribution in [0.25, 0.3) is 0 Å². The quantitative estimate of drug-likeness (QED) is 0.544. The molecule has 0 spiro atoms. The molecule has 1 atom stereocenters. The van der Waals surface area contributed by atoms with Crippen LogP contribution in [0.4, 0.5) is 0 Å². The minimum absolute atomic E-state index is 0.309. The molecule has 0 heterocycles. The molecule has 0 aromatic heterocycles. The Hall–Kier alpha value is -0.320. The van der Waals surface area contributed by atoms with Gasteiger partial charge in [0.1, 0.15) is 5.78 Å². The van der Waals surface area contributed by atoms with Crippen molar-refractivity contribution in [2.75, 3.05) is 5.75 Å². The van der Waals surface area contributed by atoms with Gasteiger partial charge in [-0.15, -0.1) is 11.8 Å². The highest BCUT2D eigenvalue weighted by molar-refractivity contribution is 7.99. The van der Waals surface area contributed by atoms with Crippen molar-refractivity contribution in [3.8, 4) is 0 Å². The van der Waals surface area contributed by atoms with E-state index in [9.17, 15) is 4.57 Å². The zero-order chi connectivity index (χ0) is 11.3. The van der Waals surface area contributed by atoms with Crippen LogP contribution in [0, 0.1) is 0 Å². The molecule has 0 radical (unpaired) electrons. The summed E-state index contributed by atoms with van der Waals surface area (Å²) in [7, 11) is -4.11. The first kappa shape index (κ1) is 12.7. The fourth-order valence-electron chi connectivity index (χ4n) is 0.982. The van der Waals surface area contributed by atoms with Gasteiger partial charge < -0.3 is 15.5 Å². The van der Waals surface area contributed by atoms with E-state index in [-0.39, 0.29) is 0 Å². The Morgan fingerprint density at radius 2 is 1.93 bits per heavy atom. The molecule has 1 rings (SSSR count). The topological polar surface area (TPSA) is 83.6 Å². The number of rotatable bonds is 5. The molecule has 1 aromatic carbocycles. The van der Waals surface area contributed by atoms with Crippen molar-refractivity contribution >= 4 is 19.4 Å². The van der Waals surface area contributed by atoms with Gasteiger partial charge in [0.05, 0.1) is 0 Å². The van der Waals surface area contributed by atoms with E-state index < -0.39 is 13.4 Å². The molecule has 15 heavy (non-hydrogen) atoms. The van der Waals surface area contributed by atoms with Gasteiger partial charge in [0.15, 0.2) is 0 Å². The van der Waals surface area contributed by atoms with Gasteiger partial charge in [-0.05, 0) is 18.6 Å². The van der Waals surface area contributed by atoms with Crippen molar-refractivity contribution in [2.45, 2.75) is 17.1 Å². The summed E-state index contributed by atoms with van der Waals surface area (Å²) >= 11 is 1.54. The molecule has 0 aliphatic heterocycles. The largest absolute Gasteiger partial charge is 0.342 e. The molecule has 84 valence electrons. The summed E-state index contributed by atoms with van der Waals surface area (Å²) in [4.78, 5) is 18.6. The molecule has 0 amide bonds. The summed E-state index contributed by atoms with van der Waals surface area (Å²) in [6.07, 6.45) is 0.309. The Bertz CT molecular complexity index is 340. The molecule has 1 aromatic rings. The summed E-state index contributed by atoms with van der Waals surface area (Å²) < 4.78 is 10.7. The van der Waals surface area contributed by atoms with Gasteiger partial charge in [-0.1, -0.05) is 18.2 Å². The highest BCUT2D eigenvalue weighted by Gasteiger charge is 2.23. The monoisotopic (exact) mass is 247 g/mol. The molecule has 1 unspecified atom stereocenters. The lowest BCUT2D eigenvalue weighted by atomic mass is 10.4. The van der Waals surface area contributed by atoms with Crippen LogP contribution in [0.2, 0.25) is 0 Å². The fourth-order valence-corrected chi connectivity index (χ4v) is 2.58. The first-order valence-corrected chi connectivity index (χ1v) is 7.15. The average Bonchev–Trinajstić information content (AvgIpc) is 2.18. The lowest BCUT2D eigenvalue weighted by molar-refractivity contribution is 0.357. The van der Waals surface area contributed by atoms with Gasteiger partial charge in [-0.3, -0.25) is 4.57 Å². The van der Waals surface area contributed by atoms with Crippen molar-refractivity contribution < 1.29 is 14.4 Å². The smallest absolute Gasteiger partial charge is 0.323 e. The van der Waals surface area contributed by atoms with Crippen molar-refractivity contribution in [3.63, 3.8) is 0 Å². The Balaban J connectivity index is 2.31. The molecule has 0 saturated carbocycles. The molecule has 0 aliphatic rings. The minimum Gasteiger partial charge on any atom is -0.323 e. The van der Waals surface area contributed by atoms with E-state index in [1.165, 1.54) is 0 Å². The molecule has 0 aliphatic carbocycles. The third kappa shape index (κ3) is 4.82. The van der Waals surface area contributed by atoms with E-state index in [4.69, 9.17) is 15.5 Å². The highest BCUT2D eigenvalue weighted by atomic mass is 32.2. The van der Waals surface area contributed by atoms with Crippen molar-refractivity contribution in [1.82, 2.24) is 0 Å². The number of thioether (sulfide) groups is 1. The minimum atomic E-state index is -4.11. The Labute approximate surface area is 93.0 Å². The Kier molecular flexibility index (Phi) is 4.83. The summed E-state index contributed by atoms with van der Waals surface area (Å²) in [5.41, 5.74) is 5.34. The van der Waals surface area contributed by atoms with Gasteiger partial charge in [-0.25, -0.2) is 0 Å². The maximum Gasteiger partial charge on any atom is 0.342 e. The van der Waals surface area contributed by atoms with Crippen LogP contribution in [-0.2, 0) is 4.57 Å². The van der Waals surface area contributed by atoms with Crippen LogP contribution in [0.1, 0.15) is 6.42 Å². The second-order valence-electron chi connectivity index (χ2n) is 3.11. The van der Waals surface area contributed by atoms with Crippen molar-refractivity contribution in [3.05, 3.63) is 30.3 Å². The first-order valence-electron chi connectivity index (χ1n) is 4.49. The van der Waals surface area contributed by atoms with Crippen LogP contribution >= 0.6 is 19.4 Å². The lowest BCUT2D eigenvalue weighted by Gasteiger charge is -2.12. The van der Waals surface area contributed by atoms with E-state index in [1.54, 1.807) is 11.8 Å². The van der Waals surface area contributed by atoms with E-state index in [0.29, 0.717) is 12.2 Å². The van der Waals surface area contributed by atoms with Crippen LogP contribution in [0.15, 0.2) is 35.2 Å². The van der Waals surface area contributed by atoms with Gasteiger partial charge in [0.25, 0.3) is 0 Å². The Morgan fingerprint density at radius 3 is 2.47 bits per heavy atom. The Morgan fingerprint density at radius 1 is 1.33 bits per heavy atom. The molecule has 4 N–H and O–H groups in total. The highest BCUT2D eigenvalue weighted by Crippen LogP contribution is 2.40. The number of hydrogen-bond acceptors (Lipinski definition) is 3. The van der Waals surface area contributed by atoms with Crippen LogP contribution in [0.5, 0.6) is 0 Å². The van der Waals surface area contributed by atoms with Crippen molar-refractivity contribution in [2.24, 2.45) is 5.73 Å². The van der Waals surface area contributed by atoms with E-state index in [0.717, 1.165) is 4.90 Å². The standard InChI is InChI=1S/C9H14NO3PS/c10-9(14(11,12)13)6-7-15-8-4-2-1-3-5-8/h1-5,9H,6-7,10H2,(H2,11,12,13). The number of hydrogen-bond donors (Lipinski definition) is 3.